The predicted octanol–water partition coefficient (Wildman–Crippen LogP) is 0.220. The maximum absolute atomic E-state index is 10.0. The molecule has 0 amide bonds. The van der Waals surface area contributed by atoms with Gasteiger partial charge in [0, 0.05) is 0 Å². The van der Waals surface area contributed by atoms with Gasteiger partial charge in [-0.3, -0.25) is 0 Å². The van der Waals surface area contributed by atoms with Crippen LogP contribution < -0.4 is 4.90 Å². The molecule has 1 atom stereocenters. The minimum absolute atomic E-state index is 0.446. The smallest absolute Gasteiger partial charge is 0.139 e. The van der Waals surface area contributed by atoms with Crippen LogP contribution >= 0.6 is 0 Å². The lowest BCUT2D eigenvalue weighted by Gasteiger charge is -2.21. The van der Waals surface area contributed by atoms with Crippen molar-refractivity contribution >= 4 is 0 Å². The lowest BCUT2D eigenvalue weighted by Crippen LogP contribution is -3.12. The summed E-state index contributed by atoms with van der Waals surface area (Å²) in [6.45, 7) is 5.31. The number of likely N-dealkylation sites (tertiary alicyclic amines) is 1. The first kappa shape index (κ1) is 11.0. The van der Waals surface area contributed by atoms with Crippen LogP contribution in [-0.2, 0) is 0 Å². The van der Waals surface area contributed by atoms with E-state index in [4.69, 9.17) is 0 Å². The normalized spacial score (nSPS) is 26.5. The van der Waals surface area contributed by atoms with Crippen molar-refractivity contribution in [3.05, 3.63) is 0 Å². The minimum Gasteiger partial charge on any atom is -0.378 e. The van der Waals surface area contributed by atoms with Gasteiger partial charge in [0.05, 0.1) is 13.1 Å². The van der Waals surface area contributed by atoms with Crippen LogP contribution in [-0.4, -0.2) is 30.3 Å². The highest BCUT2D eigenvalue weighted by Gasteiger charge is 2.38. The van der Waals surface area contributed by atoms with Gasteiger partial charge in [-0.1, -0.05) is 5.92 Å². The highest BCUT2D eigenvalue weighted by Crippen LogP contribution is 2.38. The van der Waals surface area contributed by atoms with E-state index in [0.717, 1.165) is 19.4 Å². The molecule has 2 aliphatic rings. The standard InChI is InChI=1S/C13H21NO/c1-13(15,12-6-7-12)8-5-11-14-9-3-2-4-10-14/h12,15H,2-4,6-7,9-11H2,1H3/p+1/t13-/m1/s1. The first-order valence-corrected chi connectivity index (χ1v) is 6.24. The monoisotopic (exact) mass is 208 g/mol. The quantitative estimate of drug-likeness (QED) is 0.624. The topological polar surface area (TPSA) is 24.7 Å². The summed E-state index contributed by atoms with van der Waals surface area (Å²) >= 11 is 0. The lowest BCUT2D eigenvalue weighted by atomic mass is 10.0. The van der Waals surface area contributed by atoms with Gasteiger partial charge >= 0.3 is 0 Å². The summed E-state index contributed by atoms with van der Waals surface area (Å²) in [5.74, 6) is 6.68. The van der Waals surface area contributed by atoms with E-state index in [0.29, 0.717) is 5.92 Å². The van der Waals surface area contributed by atoms with Crippen LogP contribution in [0.15, 0.2) is 0 Å². The van der Waals surface area contributed by atoms with E-state index in [1.807, 2.05) is 6.92 Å². The van der Waals surface area contributed by atoms with Gasteiger partial charge in [-0.25, -0.2) is 0 Å². The number of aliphatic hydroxyl groups is 1. The molecule has 2 rings (SSSR count). The molecule has 2 nitrogen and oxygen atoms in total. The van der Waals surface area contributed by atoms with Crippen molar-refractivity contribution in [2.75, 3.05) is 19.6 Å². The molecule has 0 bridgehead atoms. The maximum Gasteiger partial charge on any atom is 0.139 e. The zero-order valence-electron chi connectivity index (χ0n) is 9.68. The summed E-state index contributed by atoms with van der Waals surface area (Å²) in [5.41, 5.74) is -0.713. The molecule has 1 heterocycles. The number of hydrogen-bond acceptors (Lipinski definition) is 1. The van der Waals surface area contributed by atoms with Crippen molar-refractivity contribution in [2.24, 2.45) is 5.92 Å². The highest BCUT2D eigenvalue weighted by molar-refractivity contribution is 5.16. The van der Waals surface area contributed by atoms with Crippen LogP contribution in [0.3, 0.4) is 0 Å². The Labute approximate surface area is 92.7 Å². The summed E-state index contributed by atoms with van der Waals surface area (Å²) in [6.07, 6.45) is 6.37. The van der Waals surface area contributed by atoms with Gasteiger partial charge < -0.3 is 10.0 Å². The fourth-order valence-corrected chi connectivity index (χ4v) is 2.32. The third-order valence-corrected chi connectivity index (χ3v) is 3.61. The number of rotatable bonds is 2. The van der Waals surface area contributed by atoms with E-state index in [1.165, 1.54) is 32.4 Å². The Kier molecular flexibility index (Phi) is 3.33. The number of hydrogen-bond donors (Lipinski definition) is 2. The van der Waals surface area contributed by atoms with Crippen molar-refractivity contribution in [1.82, 2.24) is 0 Å². The summed E-state index contributed by atoms with van der Waals surface area (Å²) in [6, 6.07) is 0. The molecule has 84 valence electrons. The van der Waals surface area contributed by atoms with Gasteiger partial charge in [-0.2, -0.15) is 0 Å². The van der Waals surface area contributed by atoms with Gasteiger partial charge in [0.2, 0.25) is 0 Å². The Hall–Kier alpha value is -0.520. The first-order valence-electron chi connectivity index (χ1n) is 6.24. The van der Waals surface area contributed by atoms with E-state index < -0.39 is 5.60 Å². The molecule has 0 aromatic heterocycles. The van der Waals surface area contributed by atoms with Crippen LogP contribution in [0.5, 0.6) is 0 Å². The second kappa shape index (κ2) is 4.55. The fraction of sp³-hybridized carbons (Fsp3) is 0.846. The third-order valence-electron chi connectivity index (χ3n) is 3.61. The van der Waals surface area contributed by atoms with Crippen molar-refractivity contribution in [2.45, 2.75) is 44.6 Å². The molecular weight excluding hydrogens is 186 g/mol. The zero-order valence-corrected chi connectivity index (χ0v) is 9.68. The van der Waals surface area contributed by atoms with E-state index in [1.54, 1.807) is 4.90 Å². The molecule has 2 fully saturated rings. The number of quaternary nitrogens is 1. The van der Waals surface area contributed by atoms with Crippen LogP contribution in [0.2, 0.25) is 0 Å². The van der Waals surface area contributed by atoms with Gasteiger partial charge in [-0.15, -0.1) is 0 Å². The van der Waals surface area contributed by atoms with Gasteiger partial charge in [0.1, 0.15) is 12.1 Å². The highest BCUT2D eigenvalue weighted by atomic mass is 16.3. The average molecular weight is 208 g/mol. The van der Waals surface area contributed by atoms with E-state index in [9.17, 15) is 5.11 Å². The van der Waals surface area contributed by atoms with Crippen LogP contribution in [0, 0.1) is 17.8 Å². The molecule has 1 saturated heterocycles. The Morgan fingerprint density at radius 3 is 2.53 bits per heavy atom. The maximum atomic E-state index is 10.0. The summed E-state index contributed by atoms with van der Waals surface area (Å²) in [7, 11) is 0. The second-order valence-electron chi connectivity index (χ2n) is 5.21. The van der Waals surface area contributed by atoms with Crippen LogP contribution in [0.25, 0.3) is 0 Å². The average Bonchev–Trinajstić information content (AvgIpc) is 3.02. The van der Waals surface area contributed by atoms with Crippen LogP contribution in [0.1, 0.15) is 39.0 Å². The molecule has 0 spiro atoms. The summed E-state index contributed by atoms with van der Waals surface area (Å²) in [5, 5.41) is 10.0. The molecule has 0 aromatic carbocycles. The van der Waals surface area contributed by atoms with Gasteiger partial charge in [-0.05, 0) is 50.9 Å². The predicted molar refractivity (Wildman–Crippen MR) is 60.5 cm³/mol. The molecule has 15 heavy (non-hydrogen) atoms. The minimum atomic E-state index is -0.713. The molecule has 0 aromatic rings. The molecule has 1 saturated carbocycles. The zero-order chi connectivity index (χ0) is 10.7. The summed E-state index contributed by atoms with van der Waals surface area (Å²) < 4.78 is 0. The van der Waals surface area contributed by atoms with Gasteiger partial charge in [0.15, 0.2) is 0 Å². The Balaban J connectivity index is 1.78. The molecule has 0 unspecified atom stereocenters. The van der Waals surface area contributed by atoms with Crippen molar-refractivity contribution < 1.29 is 10.0 Å². The van der Waals surface area contributed by atoms with E-state index in [-0.39, 0.29) is 0 Å². The second-order valence-corrected chi connectivity index (χ2v) is 5.21. The fourth-order valence-electron chi connectivity index (χ4n) is 2.32. The molecule has 1 aliphatic carbocycles. The van der Waals surface area contributed by atoms with Crippen molar-refractivity contribution in [3.8, 4) is 11.8 Å². The molecular formula is C13H22NO+. The Bertz CT molecular complexity index is 264. The third kappa shape index (κ3) is 3.22. The SMILES string of the molecule is C[C@@](O)(C#CC[NH+]1CCCCC1)C1CC1. The Morgan fingerprint density at radius 2 is 1.93 bits per heavy atom. The Morgan fingerprint density at radius 1 is 1.27 bits per heavy atom. The number of piperidine rings is 1. The van der Waals surface area contributed by atoms with E-state index >= 15 is 0 Å². The lowest BCUT2D eigenvalue weighted by molar-refractivity contribution is -0.897. The molecule has 0 radical (unpaired) electrons. The van der Waals surface area contributed by atoms with E-state index in [2.05, 4.69) is 11.8 Å². The first-order chi connectivity index (χ1) is 7.18. The molecule has 2 heteroatoms. The summed E-state index contributed by atoms with van der Waals surface area (Å²) in [4.78, 5) is 1.60. The largest absolute Gasteiger partial charge is 0.378 e. The van der Waals surface area contributed by atoms with Crippen LogP contribution in [0.4, 0.5) is 0 Å². The van der Waals surface area contributed by atoms with Crippen molar-refractivity contribution in [3.63, 3.8) is 0 Å². The van der Waals surface area contributed by atoms with Gasteiger partial charge in [0.25, 0.3) is 0 Å². The molecule has 2 N–H and O–H groups in total. The van der Waals surface area contributed by atoms with Crippen molar-refractivity contribution in [1.29, 1.82) is 0 Å². The molecule has 1 aliphatic heterocycles. The number of nitrogens with one attached hydrogen (secondary N) is 1.